The van der Waals surface area contributed by atoms with Crippen LogP contribution in [-0.4, -0.2) is 19.3 Å². The van der Waals surface area contributed by atoms with Gasteiger partial charge in [-0.25, -0.2) is 4.39 Å². The highest BCUT2D eigenvalue weighted by Gasteiger charge is 2.19. The van der Waals surface area contributed by atoms with E-state index in [2.05, 4.69) is 0 Å². The van der Waals surface area contributed by atoms with E-state index in [1.165, 1.54) is 20.3 Å². The molecule has 0 fully saturated rings. The molecular weight excluding hydrogens is 271 g/mol. The monoisotopic (exact) mass is 290 g/mol. The van der Waals surface area contributed by atoms with Crippen LogP contribution in [-0.2, 0) is 0 Å². The van der Waals surface area contributed by atoms with Gasteiger partial charge in [0.1, 0.15) is 11.9 Å². The highest BCUT2D eigenvalue weighted by molar-refractivity contribution is 5.46. The second-order valence-electron chi connectivity index (χ2n) is 4.99. The Morgan fingerprint density at radius 2 is 1.67 bits per heavy atom. The first-order valence-corrected chi connectivity index (χ1v) is 6.64. The van der Waals surface area contributed by atoms with E-state index in [-0.39, 0.29) is 5.56 Å². The summed E-state index contributed by atoms with van der Waals surface area (Å²) in [4.78, 5) is 0. The van der Waals surface area contributed by atoms with Gasteiger partial charge in [-0.15, -0.1) is 0 Å². The van der Waals surface area contributed by atoms with Crippen molar-refractivity contribution in [1.29, 1.82) is 0 Å². The summed E-state index contributed by atoms with van der Waals surface area (Å²) in [5, 5.41) is 10.5. The normalized spacial score (nSPS) is 12.1. The van der Waals surface area contributed by atoms with Gasteiger partial charge in [0.25, 0.3) is 0 Å². The molecule has 0 radical (unpaired) electrons. The predicted molar refractivity (Wildman–Crippen MR) is 79.5 cm³/mol. The molecule has 0 heterocycles. The molecule has 0 amide bonds. The minimum absolute atomic E-state index is 0.285. The van der Waals surface area contributed by atoms with Crippen LogP contribution in [0.4, 0.5) is 4.39 Å². The second-order valence-corrected chi connectivity index (χ2v) is 4.99. The van der Waals surface area contributed by atoms with Gasteiger partial charge in [0.05, 0.1) is 14.2 Å². The van der Waals surface area contributed by atoms with E-state index < -0.39 is 11.9 Å². The SMILES string of the molecule is COc1ccc(C(O)c2c(C)cc(C)cc2F)cc1OC. The fourth-order valence-corrected chi connectivity index (χ4v) is 2.46. The molecule has 4 heteroatoms. The Morgan fingerprint density at radius 3 is 2.24 bits per heavy atom. The van der Waals surface area contributed by atoms with Gasteiger partial charge >= 0.3 is 0 Å². The summed E-state index contributed by atoms with van der Waals surface area (Å²) in [5.74, 6) is 0.656. The molecule has 0 aliphatic heterocycles. The van der Waals surface area contributed by atoms with Crippen molar-refractivity contribution in [3.63, 3.8) is 0 Å². The van der Waals surface area contributed by atoms with Gasteiger partial charge in [0.2, 0.25) is 0 Å². The number of hydrogen-bond donors (Lipinski definition) is 1. The lowest BCUT2D eigenvalue weighted by molar-refractivity contribution is 0.213. The van der Waals surface area contributed by atoms with Crippen molar-refractivity contribution < 1.29 is 19.0 Å². The van der Waals surface area contributed by atoms with E-state index in [0.717, 1.165) is 11.1 Å². The van der Waals surface area contributed by atoms with Crippen molar-refractivity contribution in [3.05, 3.63) is 58.4 Å². The van der Waals surface area contributed by atoms with E-state index in [1.54, 1.807) is 25.1 Å². The molecule has 1 atom stereocenters. The number of aliphatic hydroxyl groups is 1. The number of hydrogen-bond acceptors (Lipinski definition) is 3. The molecule has 3 nitrogen and oxygen atoms in total. The molecule has 1 unspecified atom stereocenters. The van der Waals surface area contributed by atoms with Crippen LogP contribution in [0.25, 0.3) is 0 Å². The predicted octanol–water partition coefficient (Wildman–Crippen LogP) is 3.54. The molecule has 0 saturated heterocycles. The molecule has 0 spiro atoms. The summed E-state index contributed by atoms with van der Waals surface area (Å²) in [5.41, 5.74) is 2.38. The zero-order valence-corrected chi connectivity index (χ0v) is 12.6. The van der Waals surface area contributed by atoms with Crippen molar-refractivity contribution in [2.75, 3.05) is 14.2 Å². The van der Waals surface area contributed by atoms with Crippen molar-refractivity contribution in [1.82, 2.24) is 0 Å². The number of rotatable bonds is 4. The zero-order chi connectivity index (χ0) is 15.6. The molecular formula is C17H19FO3. The van der Waals surface area contributed by atoms with Crippen LogP contribution in [0.3, 0.4) is 0 Å². The quantitative estimate of drug-likeness (QED) is 0.936. The lowest BCUT2D eigenvalue weighted by Gasteiger charge is -2.17. The van der Waals surface area contributed by atoms with Gasteiger partial charge in [-0.3, -0.25) is 0 Å². The summed E-state index contributed by atoms with van der Waals surface area (Å²) in [6.45, 7) is 3.61. The Kier molecular flexibility index (Phi) is 4.48. The molecule has 2 rings (SSSR count). The van der Waals surface area contributed by atoms with Gasteiger partial charge in [0.15, 0.2) is 11.5 Å². The smallest absolute Gasteiger partial charge is 0.161 e. The van der Waals surface area contributed by atoms with Crippen molar-refractivity contribution >= 4 is 0 Å². The zero-order valence-electron chi connectivity index (χ0n) is 12.6. The van der Waals surface area contributed by atoms with E-state index in [9.17, 15) is 9.50 Å². The maximum atomic E-state index is 14.2. The number of methoxy groups -OCH3 is 2. The summed E-state index contributed by atoms with van der Waals surface area (Å²) in [6, 6.07) is 8.32. The van der Waals surface area contributed by atoms with Gasteiger partial charge in [-0.1, -0.05) is 12.1 Å². The molecule has 1 N–H and O–H groups in total. The molecule has 0 saturated carbocycles. The molecule has 2 aromatic rings. The highest BCUT2D eigenvalue weighted by Crippen LogP contribution is 2.34. The van der Waals surface area contributed by atoms with Crippen LogP contribution in [0, 0.1) is 19.7 Å². The number of aryl methyl sites for hydroxylation is 2. The lowest BCUT2D eigenvalue weighted by Crippen LogP contribution is -2.06. The van der Waals surface area contributed by atoms with E-state index in [0.29, 0.717) is 17.1 Å². The van der Waals surface area contributed by atoms with Crippen molar-refractivity contribution in [2.24, 2.45) is 0 Å². The molecule has 2 aromatic carbocycles. The topological polar surface area (TPSA) is 38.7 Å². The van der Waals surface area contributed by atoms with Gasteiger partial charge in [0, 0.05) is 5.56 Å². The fraction of sp³-hybridized carbons (Fsp3) is 0.294. The van der Waals surface area contributed by atoms with Crippen molar-refractivity contribution in [2.45, 2.75) is 20.0 Å². The Morgan fingerprint density at radius 1 is 1.00 bits per heavy atom. The lowest BCUT2D eigenvalue weighted by atomic mass is 9.95. The number of halogens is 1. The largest absolute Gasteiger partial charge is 0.493 e. The minimum atomic E-state index is -1.05. The third-order valence-electron chi connectivity index (χ3n) is 3.48. The number of benzene rings is 2. The minimum Gasteiger partial charge on any atom is -0.493 e. The van der Waals surface area contributed by atoms with Gasteiger partial charge in [-0.05, 0) is 48.7 Å². The summed E-state index contributed by atoms with van der Waals surface area (Å²) in [7, 11) is 3.06. The van der Waals surface area contributed by atoms with Crippen molar-refractivity contribution in [3.8, 4) is 11.5 Å². The average Bonchev–Trinajstić information content (AvgIpc) is 2.45. The maximum absolute atomic E-state index is 14.2. The van der Waals surface area contributed by atoms with E-state index >= 15 is 0 Å². The Labute approximate surface area is 124 Å². The number of ether oxygens (including phenoxy) is 2. The summed E-state index contributed by atoms with van der Waals surface area (Å²) in [6.07, 6.45) is -1.05. The highest BCUT2D eigenvalue weighted by atomic mass is 19.1. The van der Waals surface area contributed by atoms with E-state index in [4.69, 9.17) is 9.47 Å². The fourth-order valence-electron chi connectivity index (χ4n) is 2.46. The summed E-state index contributed by atoms with van der Waals surface area (Å²) >= 11 is 0. The third kappa shape index (κ3) is 3.00. The van der Waals surface area contributed by atoms with Crippen LogP contribution >= 0.6 is 0 Å². The molecule has 0 aromatic heterocycles. The average molecular weight is 290 g/mol. The molecule has 0 bridgehead atoms. The van der Waals surface area contributed by atoms with Crippen LogP contribution in [0.5, 0.6) is 11.5 Å². The van der Waals surface area contributed by atoms with Gasteiger partial charge < -0.3 is 14.6 Å². The van der Waals surface area contributed by atoms with E-state index in [1.807, 2.05) is 13.0 Å². The number of aliphatic hydroxyl groups excluding tert-OH is 1. The standard InChI is InChI=1S/C17H19FO3/c1-10-7-11(2)16(13(18)8-10)17(19)12-5-6-14(20-3)15(9-12)21-4/h5-9,17,19H,1-4H3. The molecule has 0 aliphatic carbocycles. The van der Waals surface area contributed by atoms with Crippen LogP contribution in [0.2, 0.25) is 0 Å². The Balaban J connectivity index is 2.47. The third-order valence-corrected chi connectivity index (χ3v) is 3.48. The molecule has 0 aliphatic rings. The molecule has 21 heavy (non-hydrogen) atoms. The maximum Gasteiger partial charge on any atom is 0.161 e. The summed E-state index contributed by atoms with van der Waals surface area (Å²) < 4.78 is 24.5. The van der Waals surface area contributed by atoms with Gasteiger partial charge in [-0.2, -0.15) is 0 Å². The Bertz CT molecular complexity index is 629. The Hall–Kier alpha value is -2.07. The first kappa shape index (κ1) is 15.3. The first-order valence-electron chi connectivity index (χ1n) is 6.64. The van der Waals surface area contributed by atoms with Crippen LogP contribution in [0.1, 0.15) is 28.4 Å². The first-order chi connectivity index (χ1) is 9.97. The second kappa shape index (κ2) is 6.14. The molecule has 112 valence electrons. The van der Waals surface area contributed by atoms with Crippen LogP contribution in [0.15, 0.2) is 30.3 Å². The van der Waals surface area contributed by atoms with Crippen LogP contribution < -0.4 is 9.47 Å².